The van der Waals surface area contributed by atoms with Crippen LogP contribution in [0.3, 0.4) is 0 Å². The van der Waals surface area contributed by atoms with E-state index in [1.807, 2.05) is 13.8 Å². The lowest BCUT2D eigenvalue weighted by Crippen LogP contribution is -2.35. The molecule has 0 bridgehead atoms. The van der Waals surface area contributed by atoms with E-state index in [9.17, 15) is 14.3 Å². The van der Waals surface area contributed by atoms with Crippen LogP contribution in [0.2, 0.25) is 0 Å². The highest BCUT2D eigenvalue weighted by molar-refractivity contribution is 8.00. The van der Waals surface area contributed by atoms with E-state index in [0.29, 0.717) is 0 Å². The van der Waals surface area contributed by atoms with Gasteiger partial charge < -0.3 is 10.4 Å². The van der Waals surface area contributed by atoms with Gasteiger partial charge >= 0.3 is 0 Å². The molecule has 0 aliphatic carbocycles. The Morgan fingerprint density at radius 2 is 2.00 bits per heavy atom. The van der Waals surface area contributed by atoms with E-state index in [1.165, 1.54) is 23.9 Å². The zero-order valence-corrected chi connectivity index (χ0v) is 11.3. The number of halogens is 1. The summed E-state index contributed by atoms with van der Waals surface area (Å²) in [4.78, 5) is 12.3. The van der Waals surface area contributed by atoms with Crippen molar-refractivity contribution in [3.8, 4) is 0 Å². The van der Waals surface area contributed by atoms with E-state index in [0.717, 1.165) is 4.90 Å². The predicted octanol–water partition coefficient (Wildman–Crippen LogP) is 2.05. The summed E-state index contributed by atoms with van der Waals surface area (Å²) in [5.74, 6) is -0.0425. The van der Waals surface area contributed by atoms with Crippen LogP contribution in [0.4, 0.5) is 4.39 Å². The Balaban J connectivity index is 2.27. The number of hydrogen-bond acceptors (Lipinski definition) is 3. The minimum absolute atomic E-state index is 0.120. The molecule has 1 amide bonds. The van der Waals surface area contributed by atoms with Crippen molar-refractivity contribution in [3.63, 3.8) is 0 Å². The van der Waals surface area contributed by atoms with Crippen molar-refractivity contribution in [2.75, 3.05) is 12.3 Å². The van der Waals surface area contributed by atoms with E-state index < -0.39 is 6.10 Å². The molecular formula is C13H18FNO2S. The van der Waals surface area contributed by atoms with Crippen molar-refractivity contribution >= 4 is 17.7 Å². The van der Waals surface area contributed by atoms with Crippen molar-refractivity contribution in [2.45, 2.75) is 24.8 Å². The Hall–Kier alpha value is -1.07. The molecule has 0 aromatic heterocycles. The molecule has 0 aliphatic heterocycles. The lowest BCUT2D eigenvalue weighted by Gasteiger charge is -2.14. The lowest BCUT2D eigenvalue weighted by molar-refractivity contribution is -0.119. The monoisotopic (exact) mass is 271 g/mol. The summed E-state index contributed by atoms with van der Waals surface area (Å²) in [6, 6.07) is 6.00. The van der Waals surface area contributed by atoms with Gasteiger partial charge in [-0.3, -0.25) is 4.79 Å². The molecule has 1 rings (SSSR count). The van der Waals surface area contributed by atoms with Gasteiger partial charge in [0.05, 0.1) is 11.9 Å². The van der Waals surface area contributed by atoms with Crippen molar-refractivity contribution in [2.24, 2.45) is 5.92 Å². The molecule has 3 nitrogen and oxygen atoms in total. The molecule has 1 aromatic carbocycles. The van der Waals surface area contributed by atoms with Crippen LogP contribution in [0.1, 0.15) is 13.8 Å². The zero-order chi connectivity index (χ0) is 13.5. The third-order valence-electron chi connectivity index (χ3n) is 2.46. The smallest absolute Gasteiger partial charge is 0.230 e. The van der Waals surface area contributed by atoms with Crippen LogP contribution < -0.4 is 5.32 Å². The van der Waals surface area contributed by atoms with E-state index in [4.69, 9.17) is 0 Å². The third-order valence-corrected chi connectivity index (χ3v) is 3.47. The number of carbonyl (C=O) groups is 1. The number of benzene rings is 1. The van der Waals surface area contributed by atoms with Gasteiger partial charge in [0.25, 0.3) is 0 Å². The Bertz CT molecular complexity index is 381. The predicted molar refractivity (Wildman–Crippen MR) is 71.0 cm³/mol. The van der Waals surface area contributed by atoms with E-state index >= 15 is 0 Å². The molecule has 0 saturated carbocycles. The quantitative estimate of drug-likeness (QED) is 0.779. The minimum Gasteiger partial charge on any atom is -0.391 e. The number of amides is 1. The van der Waals surface area contributed by atoms with Crippen molar-refractivity contribution in [1.29, 1.82) is 0 Å². The second-order valence-corrected chi connectivity index (χ2v) is 5.41. The first-order chi connectivity index (χ1) is 8.49. The summed E-state index contributed by atoms with van der Waals surface area (Å²) in [6.45, 7) is 4.05. The maximum atomic E-state index is 12.7. The number of aliphatic hydroxyl groups excluding tert-OH is 1. The molecule has 2 N–H and O–H groups in total. The molecule has 0 fully saturated rings. The first-order valence-electron chi connectivity index (χ1n) is 5.82. The number of thioether (sulfide) groups is 1. The summed E-state index contributed by atoms with van der Waals surface area (Å²) in [7, 11) is 0. The fourth-order valence-corrected chi connectivity index (χ4v) is 1.91. The van der Waals surface area contributed by atoms with Crippen LogP contribution in [-0.2, 0) is 4.79 Å². The second kappa shape index (κ2) is 7.38. The molecule has 1 atom stereocenters. The van der Waals surface area contributed by atoms with Gasteiger partial charge in [-0.2, -0.15) is 0 Å². The molecule has 0 saturated heterocycles. The van der Waals surface area contributed by atoms with Crippen molar-refractivity contribution < 1.29 is 14.3 Å². The largest absolute Gasteiger partial charge is 0.391 e. The Labute approximate surface area is 111 Å². The molecule has 1 unspecified atom stereocenters. The molecule has 18 heavy (non-hydrogen) atoms. The summed E-state index contributed by atoms with van der Waals surface area (Å²) in [6.07, 6.45) is -0.523. The van der Waals surface area contributed by atoms with E-state index in [1.54, 1.807) is 12.1 Å². The second-order valence-electron chi connectivity index (χ2n) is 4.36. The highest BCUT2D eigenvalue weighted by atomic mass is 32.2. The summed E-state index contributed by atoms with van der Waals surface area (Å²) < 4.78 is 12.7. The fraction of sp³-hybridized carbons (Fsp3) is 0.462. The Morgan fingerprint density at radius 1 is 1.39 bits per heavy atom. The van der Waals surface area contributed by atoms with Crippen LogP contribution >= 0.6 is 11.8 Å². The maximum Gasteiger partial charge on any atom is 0.230 e. The van der Waals surface area contributed by atoms with Crippen molar-refractivity contribution in [3.05, 3.63) is 30.1 Å². The van der Waals surface area contributed by atoms with Gasteiger partial charge in [-0.25, -0.2) is 4.39 Å². The molecule has 1 aromatic rings. The summed E-state index contributed by atoms with van der Waals surface area (Å²) in [5.41, 5.74) is 0. The number of nitrogens with one attached hydrogen (secondary N) is 1. The lowest BCUT2D eigenvalue weighted by atomic mass is 10.1. The SMILES string of the molecule is CC(C)C(O)CNC(=O)CSc1ccc(F)cc1. The molecular weight excluding hydrogens is 253 g/mol. The summed E-state index contributed by atoms with van der Waals surface area (Å²) >= 11 is 1.34. The van der Waals surface area contributed by atoms with Crippen LogP contribution in [-0.4, -0.2) is 29.4 Å². The number of carbonyl (C=O) groups excluding carboxylic acids is 1. The molecule has 0 aliphatic rings. The van der Waals surface area contributed by atoms with Crippen LogP contribution in [0.15, 0.2) is 29.2 Å². The van der Waals surface area contributed by atoms with E-state index in [2.05, 4.69) is 5.32 Å². The topological polar surface area (TPSA) is 49.3 Å². The molecule has 100 valence electrons. The first-order valence-corrected chi connectivity index (χ1v) is 6.80. The third kappa shape index (κ3) is 5.51. The standard InChI is InChI=1S/C13H18FNO2S/c1-9(2)12(16)7-15-13(17)8-18-11-5-3-10(14)4-6-11/h3-6,9,12,16H,7-8H2,1-2H3,(H,15,17). The average molecular weight is 271 g/mol. The summed E-state index contributed by atoms with van der Waals surface area (Å²) in [5, 5.41) is 12.2. The van der Waals surface area contributed by atoms with Gasteiger partial charge in [-0.05, 0) is 30.2 Å². The average Bonchev–Trinajstić information content (AvgIpc) is 2.35. The number of hydrogen-bond donors (Lipinski definition) is 2. The molecule has 0 spiro atoms. The van der Waals surface area contributed by atoms with Crippen LogP contribution in [0, 0.1) is 11.7 Å². The Morgan fingerprint density at radius 3 is 2.56 bits per heavy atom. The highest BCUT2D eigenvalue weighted by Gasteiger charge is 2.10. The fourth-order valence-electron chi connectivity index (χ4n) is 1.18. The Kier molecular flexibility index (Phi) is 6.15. The normalized spacial score (nSPS) is 12.5. The minimum atomic E-state index is -0.523. The van der Waals surface area contributed by atoms with Gasteiger partial charge in [0.15, 0.2) is 0 Å². The molecule has 0 radical (unpaired) electrons. The van der Waals surface area contributed by atoms with Gasteiger partial charge in [0.2, 0.25) is 5.91 Å². The first kappa shape index (κ1) is 15.0. The van der Waals surface area contributed by atoms with Crippen LogP contribution in [0.25, 0.3) is 0 Å². The van der Waals surface area contributed by atoms with Gasteiger partial charge in [-0.15, -0.1) is 11.8 Å². The maximum absolute atomic E-state index is 12.7. The van der Waals surface area contributed by atoms with Gasteiger partial charge in [0.1, 0.15) is 5.82 Å². The van der Waals surface area contributed by atoms with E-state index in [-0.39, 0.29) is 29.9 Å². The molecule has 0 heterocycles. The van der Waals surface area contributed by atoms with Gasteiger partial charge in [0, 0.05) is 11.4 Å². The van der Waals surface area contributed by atoms with Gasteiger partial charge in [-0.1, -0.05) is 13.8 Å². The number of aliphatic hydroxyl groups is 1. The van der Waals surface area contributed by atoms with Crippen LogP contribution in [0.5, 0.6) is 0 Å². The highest BCUT2D eigenvalue weighted by Crippen LogP contribution is 2.17. The molecule has 5 heteroatoms. The number of rotatable bonds is 6. The zero-order valence-electron chi connectivity index (χ0n) is 10.5. The van der Waals surface area contributed by atoms with Crippen molar-refractivity contribution in [1.82, 2.24) is 5.32 Å².